The molecule has 1 aliphatic rings. The summed E-state index contributed by atoms with van der Waals surface area (Å²) in [6, 6.07) is 0.787. The molecule has 1 saturated heterocycles. The molecule has 0 unspecified atom stereocenters. The van der Waals surface area contributed by atoms with E-state index in [1.807, 2.05) is 0 Å². The predicted molar refractivity (Wildman–Crippen MR) is 45.5 cm³/mol. The number of hydrogen-bond donors (Lipinski definition) is 1. The van der Waals surface area contributed by atoms with Crippen LogP contribution in [0.3, 0.4) is 0 Å². The van der Waals surface area contributed by atoms with Crippen LogP contribution in [0.4, 0.5) is 0 Å². The molecule has 2 nitrogen and oxygen atoms in total. The molecule has 0 aromatic rings. The first-order valence-electron chi connectivity index (χ1n) is 4.37. The molecule has 2 atom stereocenters. The number of carbonyl (C=O) groups excluding carboxylic acids is 1. The molecule has 0 aromatic carbocycles. The van der Waals surface area contributed by atoms with Gasteiger partial charge in [-0.2, -0.15) is 0 Å². The Balaban J connectivity index is 2.49. The third-order valence-corrected chi connectivity index (χ3v) is 2.28. The zero-order valence-corrected chi connectivity index (χ0v) is 7.55. The second kappa shape index (κ2) is 3.35. The minimum absolute atomic E-state index is 0.378. The summed E-state index contributed by atoms with van der Waals surface area (Å²) in [6.07, 6.45) is 1.44. The summed E-state index contributed by atoms with van der Waals surface area (Å²) < 4.78 is 0. The number of hydrogen-bond acceptors (Lipinski definition) is 2. The number of piperidine rings is 1. The maximum absolute atomic E-state index is 11.1. The van der Waals surface area contributed by atoms with Gasteiger partial charge in [-0.25, -0.2) is 0 Å². The van der Waals surface area contributed by atoms with Crippen molar-refractivity contribution >= 4 is 5.78 Å². The number of Topliss-reactive ketones (excluding diaryl/α,β-unsaturated/α-hetero) is 1. The van der Waals surface area contributed by atoms with Gasteiger partial charge in [-0.15, -0.1) is 0 Å². The molecular weight excluding hydrogens is 138 g/mol. The van der Waals surface area contributed by atoms with Gasteiger partial charge in [0.05, 0.1) is 0 Å². The zero-order valence-electron chi connectivity index (χ0n) is 7.55. The van der Waals surface area contributed by atoms with Gasteiger partial charge in [0.25, 0.3) is 0 Å². The third kappa shape index (κ3) is 2.29. The lowest BCUT2D eigenvalue weighted by atomic mass is 9.91. The molecule has 0 radical (unpaired) electrons. The molecule has 1 aliphatic heterocycles. The molecule has 0 spiro atoms. The summed E-state index contributed by atoms with van der Waals surface area (Å²) in [4.78, 5) is 11.1. The van der Waals surface area contributed by atoms with Crippen molar-refractivity contribution in [2.45, 2.75) is 45.7 Å². The smallest absolute Gasteiger partial charge is 0.136 e. The highest BCUT2D eigenvalue weighted by Gasteiger charge is 2.25. The van der Waals surface area contributed by atoms with E-state index in [0.717, 1.165) is 6.42 Å². The Hall–Kier alpha value is -0.370. The summed E-state index contributed by atoms with van der Waals surface area (Å²) in [6.45, 7) is 6.39. The van der Waals surface area contributed by atoms with Gasteiger partial charge in [0, 0.05) is 24.9 Å². The highest BCUT2D eigenvalue weighted by atomic mass is 16.1. The van der Waals surface area contributed by atoms with E-state index in [2.05, 4.69) is 26.1 Å². The Bertz CT molecular complexity index is 154. The van der Waals surface area contributed by atoms with Gasteiger partial charge in [0.1, 0.15) is 5.78 Å². The number of rotatable bonds is 1. The highest BCUT2D eigenvalue weighted by Crippen LogP contribution is 2.15. The minimum atomic E-state index is 0.378. The van der Waals surface area contributed by atoms with Crippen LogP contribution in [-0.2, 0) is 4.79 Å². The lowest BCUT2D eigenvalue weighted by Gasteiger charge is -2.30. The van der Waals surface area contributed by atoms with E-state index in [9.17, 15) is 4.79 Å². The quantitative estimate of drug-likeness (QED) is 0.619. The molecule has 0 bridgehead atoms. The van der Waals surface area contributed by atoms with Crippen LogP contribution in [0.1, 0.15) is 33.6 Å². The van der Waals surface area contributed by atoms with Crippen molar-refractivity contribution in [3.63, 3.8) is 0 Å². The number of carbonyl (C=O) groups is 1. The van der Waals surface area contributed by atoms with Crippen molar-refractivity contribution in [1.82, 2.24) is 5.32 Å². The predicted octanol–water partition coefficient (Wildman–Crippen LogP) is 1.35. The molecule has 0 aliphatic carbocycles. The summed E-state index contributed by atoms with van der Waals surface area (Å²) >= 11 is 0. The van der Waals surface area contributed by atoms with Crippen LogP contribution in [-0.4, -0.2) is 17.9 Å². The van der Waals surface area contributed by atoms with E-state index in [1.54, 1.807) is 0 Å². The van der Waals surface area contributed by atoms with Gasteiger partial charge in [-0.1, -0.05) is 13.8 Å². The summed E-state index contributed by atoms with van der Waals surface area (Å²) in [7, 11) is 0. The van der Waals surface area contributed by atoms with Crippen molar-refractivity contribution in [2.24, 2.45) is 5.92 Å². The Kier molecular flexibility index (Phi) is 2.66. The Morgan fingerprint density at radius 2 is 2.09 bits per heavy atom. The van der Waals surface area contributed by atoms with Crippen LogP contribution < -0.4 is 5.32 Å². The number of nitrogens with one attached hydrogen (secondary N) is 1. The molecular formula is C9H17NO. The normalized spacial score (nSPS) is 32.9. The lowest BCUT2D eigenvalue weighted by molar-refractivity contribution is -0.121. The molecule has 64 valence electrons. The van der Waals surface area contributed by atoms with Gasteiger partial charge < -0.3 is 5.32 Å². The van der Waals surface area contributed by atoms with Crippen LogP contribution in [0.2, 0.25) is 0 Å². The van der Waals surface area contributed by atoms with Crippen LogP contribution in [0.5, 0.6) is 0 Å². The molecule has 1 rings (SSSR count). The molecule has 2 heteroatoms. The van der Waals surface area contributed by atoms with E-state index in [0.29, 0.717) is 30.2 Å². The summed E-state index contributed by atoms with van der Waals surface area (Å²) in [5, 5.41) is 3.43. The fourth-order valence-electron chi connectivity index (χ4n) is 1.58. The largest absolute Gasteiger partial charge is 0.310 e. The molecule has 11 heavy (non-hydrogen) atoms. The molecule has 0 amide bonds. The van der Waals surface area contributed by atoms with E-state index >= 15 is 0 Å². The van der Waals surface area contributed by atoms with Crippen molar-refractivity contribution in [3.8, 4) is 0 Å². The van der Waals surface area contributed by atoms with E-state index in [4.69, 9.17) is 0 Å². The fourth-order valence-corrected chi connectivity index (χ4v) is 1.58. The Morgan fingerprint density at radius 1 is 1.45 bits per heavy atom. The van der Waals surface area contributed by atoms with E-state index in [-0.39, 0.29) is 0 Å². The third-order valence-electron chi connectivity index (χ3n) is 2.28. The molecule has 1 N–H and O–H groups in total. The van der Waals surface area contributed by atoms with Crippen LogP contribution in [0.25, 0.3) is 0 Å². The van der Waals surface area contributed by atoms with E-state index < -0.39 is 0 Å². The second-order valence-electron chi connectivity index (χ2n) is 3.87. The molecule has 0 aromatic heterocycles. The average Bonchev–Trinajstić information content (AvgIpc) is 1.85. The molecule has 0 saturated carbocycles. The molecule has 1 heterocycles. The van der Waals surface area contributed by atoms with Crippen LogP contribution >= 0.6 is 0 Å². The summed E-state index contributed by atoms with van der Waals surface area (Å²) in [5.74, 6) is 0.983. The SMILES string of the molecule is CC(C)[C@H]1CC(=O)C[C@@H](C)N1. The maximum Gasteiger partial charge on any atom is 0.136 e. The van der Waals surface area contributed by atoms with E-state index in [1.165, 1.54) is 0 Å². The maximum atomic E-state index is 11.1. The summed E-state index contributed by atoms with van der Waals surface area (Å²) in [5.41, 5.74) is 0. The van der Waals surface area contributed by atoms with Crippen LogP contribution in [0.15, 0.2) is 0 Å². The van der Waals surface area contributed by atoms with Crippen molar-refractivity contribution in [2.75, 3.05) is 0 Å². The van der Waals surface area contributed by atoms with Crippen molar-refractivity contribution < 1.29 is 4.79 Å². The van der Waals surface area contributed by atoms with Crippen LogP contribution in [0, 0.1) is 5.92 Å². The topological polar surface area (TPSA) is 29.1 Å². The van der Waals surface area contributed by atoms with Crippen molar-refractivity contribution in [3.05, 3.63) is 0 Å². The van der Waals surface area contributed by atoms with Crippen molar-refractivity contribution in [1.29, 1.82) is 0 Å². The molecule has 1 fully saturated rings. The van der Waals surface area contributed by atoms with Gasteiger partial charge >= 0.3 is 0 Å². The average molecular weight is 155 g/mol. The zero-order chi connectivity index (χ0) is 8.43. The Labute approximate surface area is 68.4 Å². The second-order valence-corrected chi connectivity index (χ2v) is 3.87. The minimum Gasteiger partial charge on any atom is -0.310 e. The lowest BCUT2D eigenvalue weighted by Crippen LogP contribution is -2.46. The van der Waals surface area contributed by atoms with Gasteiger partial charge in [0.2, 0.25) is 0 Å². The monoisotopic (exact) mass is 155 g/mol. The van der Waals surface area contributed by atoms with Gasteiger partial charge in [-0.3, -0.25) is 4.79 Å². The Morgan fingerprint density at radius 3 is 2.55 bits per heavy atom. The number of ketones is 1. The van der Waals surface area contributed by atoms with Gasteiger partial charge in [0.15, 0.2) is 0 Å². The first-order chi connectivity index (χ1) is 5.09. The standard InChI is InChI=1S/C9H17NO/c1-6(2)9-5-8(11)4-7(3)10-9/h6-7,9-10H,4-5H2,1-3H3/t7-,9-/m1/s1. The fraction of sp³-hybridized carbons (Fsp3) is 0.889. The first kappa shape index (κ1) is 8.72. The first-order valence-corrected chi connectivity index (χ1v) is 4.37. The highest BCUT2D eigenvalue weighted by molar-refractivity contribution is 5.80. The van der Waals surface area contributed by atoms with Gasteiger partial charge in [-0.05, 0) is 12.8 Å².